The van der Waals surface area contributed by atoms with Crippen molar-refractivity contribution in [2.45, 2.75) is 4.90 Å². The van der Waals surface area contributed by atoms with Crippen LogP contribution in [0.3, 0.4) is 0 Å². The van der Waals surface area contributed by atoms with Crippen LogP contribution < -0.4 is 0 Å². The van der Waals surface area contributed by atoms with Gasteiger partial charge in [-0.25, -0.2) is 0 Å². The van der Waals surface area contributed by atoms with E-state index in [1.54, 1.807) is 12.1 Å². The largest absolute Gasteiger partial charge is 0.289 e. The summed E-state index contributed by atoms with van der Waals surface area (Å²) in [6.45, 7) is 0. The third kappa shape index (κ3) is 2.28. The lowest BCUT2D eigenvalue weighted by atomic mass is 10.0. The zero-order chi connectivity index (χ0) is 10.7. The summed E-state index contributed by atoms with van der Waals surface area (Å²) in [4.78, 5) is 12.8. The second kappa shape index (κ2) is 4.32. The average molecular weight is 214 g/mol. The minimum atomic E-state index is 0.0338. The van der Waals surface area contributed by atoms with Gasteiger partial charge in [-0.1, -0.05) is 42.5 Å². The van der Waals surface area contributed by atoms with Crippen LogP contribution in [0.25, 0.3) is 0 Å². The number of rotatable bonds is 2. The molecule has 0 N–H and O–H groups in total. The molecule has 0 saturated heterocycles. The van der Waals surface area contributed by atoms with Gasteiger partial charge in [-0.3, -0.25) is 4.79 Å². The van der Waals surface area contributed by atoms with Crippen LogP contribution >= 0.6 is 12.6 Å². The third-order valence-corrected chi connectivity index (χ3v) is 2.42. The first-order valence-corrected chi connectivity index (χ1v) is 5.11. The summed E-state index contributed by atoms with van der Waals surface area (Å²) in [5.41, 5.74) is 1.38. The van der Waals surface area contributed by atoms with Crippen molar-refractivity contribution >= 4 is 18.4 Å². The second-order valence-electron chi connectivity index (χ2n) is 3.25. The molecule has 1 nitrogen and oxygen atoms in total. The predicted molar refractivity (Wildman–Crippen MR) is 63.6 cm³/mol. The Morgan fingerprint density at radius 3 is 2.20 bits per heavy atom. The molecule has 0 aromatic heterocycles. The van der Waals surface area contributed by atoms with E-state index < -0.39 is 0 Å². The molecular formula is C13H10OS. The molecule has 0 spiro atoms. The first-order chi connectivity index (χ1) is 7.27. The zero-order valence-corrected chi connectivity index (χ0v) is 8.95. The summed E-state index contributed by atoms with van der Waals surface area (Å²) < 4.78 is 0. The fourth-order valence-electron chi connectivity index (χ4n) is 1.40. The highest BCUT2D eigenvalue weighted by Crippen LogP contribution is 2.13. The lowest BCUT2D eigenvalue weighted by Gasteiger charge is -2.01. The summed E-state index contributed by atoms with van der Waals surface area (Å²) in [5.74, 6) is 0.0338. The minimum Gasteiger partial charge on any atom is -0.289 e. The summed E-state index contributed by atoms with van der Waals surface area (Å²) >= 11 is 4.21. The van der Waals surface area contributed by atoms with Gasteiger partial charge in [0.05, 0.1) is 0 Å². The van der Waals surface area contributed by atoms with Crippen LogP contribution in [0.4, 0.5) is 0 Å². The number of benzene rings is 2. The average Bonchev–Trinajstić information content (AvgIpc) is 2.29. The van der Waals surface area contributed by atoms with Crippen molar-refractivity contribution in [1.29, 1.82) is 0 Å². The molecule has 2 aromatic rings. The Morgan fingerprint density at radius 2 is 1.53 bits per heavy atom. The Morgan fingerprint density at radius 1 is 0.867 bits per heavy atom. The smallest absolute Gasteiger partial charge is 0.193 e. The van der Waals surface area contributed by atoms with E-state index in [-0.39, 0.29) is 5.78 Å². The molecule has 0 saturated carbocycles. The van der Waals surface area contributed by atoms with Crippen LogP contribution in [-0.2, 0) is 0 Å². The van der Waals surface area contributed by atoms with Gasteiger partial charge in [-0.05, 0) is 12.1 Å². The van der Waals surface area contributed by atoms with Crippen LogP contribution in [0, 0.1) is 0 Å². The highest BCUT2D eigenvalue weighted by molar-refractivity contribution is 7.80. The molecule has 2 aromatic carbocycles. The fraction of sp³-hybridized carbons (Fsp3) is 0. The number of hydrogen-bond donors (Lipinski definition) is 1. The normalized spacial score (nSPS) is 9.93. The first kappa shape index (κ1) is 9.99. The predicted octanol–water partition coefficient (Wildman–Crippen LogP) is 3.21. The van der Waals surface area contributed by atoms with Gasteiger partial charge in [-0.15, -0.1) is 12.6 Å². The van der Waals surface area contributed by atoms with Gasteiger partial charge in [0.25, 0.3) is 0 Å². The molecule has 0 aliphatic heterocycles. The first-order valence-electron chi connectivity index (χ1n) is 4.66. The maximum atomic E-state index is 12.0. The molecule has 0 aliphatic carbocycles. The topological polar surface area (TPSA) is 17.1 Å². The molecule has 0 atom stereocenters. The fourth-order valence-corrected chi connectivity index (χ4v) is 1.63. The molecule has 0 aliphatic rings. The number of thiol groups is 1. The lowest BCUT2D eigenvalue weighted by molar-refractivity contribution is 0.103. The SMILES string of the molecule is O=C(c1ccccc1)c1cccc(S)c1. The van der Waals surface area contributed by atoms with Crippen molar-refractivity contribution in [3.05, 3.63) is 65.7 Å². The van der Waals surface area contributed by atoms with E-state index >= 15 is 0 Å². The summed E-state index contributed by atoms with van der Waals surface area (Å²) in [5, 5.41) is 0. The molecule has 15 heavy (non-hydrogen) atoms. The van der Waals surface area contributed by atoms with E-state index in [2.05, 4.69) is 12.6 Å². The van der Waals surface area contributed by atoms with Gasteiger partial charge in [0.15, 0.2) is 5.78 Å². The quantitative estimate of drug-likeness (QED) is 0.600. The standard InChI is InChI=1S/C13H10OS/c14-13(10-5-2-1-3-6-10)11-7-4-8-12(15)9-11/h1-9,15H. The lowest BCUT2D eigenvalue weighted by Crippen LogP contribution is -2.00. The molecule has 0 amide bonds. The second-order valence-corrected chi connectivity index (χ2v) is 3.76. The number of carbonyl (C=O) groups is 1. The summed E-state index contributed by atoms with van der Waals surface area (Å²) in [6.07, 6.45) is 0. The maximum absolute atomic E-state index is 12.0. The molecule has 0 unspecified atom stereocenters. The number of ketones is 1. The maximum Gasteiger partial charge on any atom is 0.193 e. The van der Waals surface area contributed by atoms with Crippen molar-refractivity contribution in [2.24, 2.45) is 0 Å². The van der Waals surface area contributed by atoms with E-state index in [1.165, 1.54) is 0 Å². The van der Waals surface area contributed by atoms with Gasteiger partial charge < -0.3 is 0 Å². The van der Waals surface area contributed by atoms with Gasteiger partial charge >= 0.3 is 0 Å². The Bertz CT molecular complexity index is 477. The van der Waals surface area contributed by atoms with Crippen LogP contribution in [0.2, 0.25) is 0 Å². The van der Waals surface area contributed by atoms with Crippen molar-refractivity contribution in [2.75, 3.05) is 0 Å². The van der Waals surface area contributed by atoms with Gasteiger partial charge in [-0.2, -0.15) is 0 Å². The van der Waals surface area contributed by atoms with Crippen LogP contribution in [0.5, 0.6) is 0 Å². The van der Waals surface area contributed by atoms with Crippen LogP contribution in [0.15, 0.2) is 59.5 Å². The highest BCUT2D eigenvalue weighted by Gasteiger charge is 2.07. The van der Waals surface area contributed by atoms with Crippen molar-refractivity contribution in [3.63, 3.8) is 0 Å². The molecule has 74 valence electrons. The Labute approximate surface area is 94.2 Å². The number of hydrogen-bond acceptors (Lipinski definition) is 2. The highest BCUT2D eigenvalue weighted by atomic mass is 32.1. The van der Waals surface area contributed by atoms with Crippen molar-refractivity contribution in [1.82, 2.24) is 0 Å². The van der Waals surface area contributed by atoms with Gasteiger partial charge in [0.1, 0.15) is 0 Å². The molecule has 0 radical (unpaired) electrons. The summed E-state index contributed by atoms with van der Waals surface area (Å²) in [7, 11) is 0. The summed E-state index contributed by atoms with van der Waals surface area (Å²) in [6, 6.07) is 16.5. The Kier molecular flexibility index (Phi) is 2.88. The molecule has 0 heterocycles. The van der Waals surface area contributed by atoms with Crippen molar-refractivity contribution in [3.8, 4) is 0 Å². The minimum absolute atomic E-state index is 0.0338. The van der Waals surface area contributed by atoms with Crippen molar-refractivity contribution < 1.29 is 4.79 Å². The van der Waals surface area contributed by atoms with Crippen LogP contribution in [-0.4, -0.2) is 5.78 Å². The number of carbonyl (C=O) groups excluding carboxylic acids is 1. The van der Waals surface area contributed by atoms with E-state index in [0.29, 0.717) is 11.1 Å². The molecule has 2 rings (SSSR count). The van der Waals surface area contributed by atoms with E-state index in [4.69, 9.17) is 0 Å². The third-order valence-electron chi connectivity index (χ3n) is 2.14. The molecule has 0 bridgehead atoms. The molecule has 0 fully saturated rings. The van der Waals surface area contributed by atoms with Crippen LogP contribution in [0.1, 0.15) is 15.9 Å². The van der Waals surface area contributed by atoms with E-state index in [9.17, 15) is 4.79 Å². The molecule has 2 heteroatoms. The van der Waals surface area contributed by atoms with E-state index in [1.807, 2.05) is 42.5 Å². The zero-order valence-electron chi connectivity index (χ0n) is 8.05. The monoisotopic (exact) mass is 214 g/mol. The Balaban J connectivity index is 2.37. The molecular weight excluding hydrogens is 204 g/mol. The Hall–Kier alpha value is -1.54. The van der Waals surface area contributed by atoms with Gasteiger partial charge in [0.2, 0.25) is 0 Å². The van der Waals surface area contributed by atoms with Gasteiger partial charge in [0, 0.05) is 16.0 Å². The van der Waals surface area contributed by atoms with E-state index in [0.717, 1.165) is 4.90 Å².